The molecule has 3 heterocycles. The van der Waals surface area contributed by atoms with Gasteiger partial charge in [0.05, 0.1) is 0 Å². The number of hydrogen-bond donors (Lipinski definition) is 2. The molecule has 1 aromatic carbocycles. The van der Waals surface area contributed by atoms with Gasteiger partial charge in [-0.25, -0.2) is 0 Å². The summed E-state index contributed by atoms with van der Waals surface area (Å²) >= 11 is 0. The Labute approximate surface area is 165 Å². The fraction of sp³-hybridized carbons (Fsp3) is 0.444. The molecule has 11 heteroatoms. The molecule has 4 rings (SSSR count). The molecule has 2 fully saturated rings. The molecule has 2 N–H and O–H groups in total. The van der Waals surface area contributed by atoms with Gasteiger partial charge in [-0.3, -0.25) is 0 Å². The zero-order valence-electron chi connectivity index (χ0n) is 15.7. The van der Waals surface area contributed by atoms with Crippen LogP contribution in [0.25, 0.3) is 0 Å². The molecule has 9 nitrogen and oxygen atoms in total. The first kappa shape index (κ1) is 20.3. The van der Waals surface area contributed by atoms with Crippen molar-refractivity contribution < 1.29 is 27.6 Å². The van der Waals surface area contributed by atoms with Crippen LogP contribution >= 0.6 is 8.17 Å². The zero-order valence-corrected chi connectivity index (χ0v) is 16.7. The van der Waals surface area contributed by atoms with E-state index in [1.807, 2.05) is 29.2 Å². The van der Waals surface area contributed by atoms with E-state index in [-0.39, 0.29) is 19.6 Å². The average molecular weight is 428 g/mol. The summed E-state index contributed by atoms with van der Waals surface area (Å²) in [6, 6.07) is 7.79. The van der Waals surface area contributed by atoms with Crippen LogP contribution in [0.4, 0.5) is 4.39 Å². The van der Waals surface area contributed by atoms with Crippen molar-refractivity contribution >= 4 is 8.17 Å². The Kier molecular flexibility index (Phi) is 5.65. The number of hydrogen-bond acceptors (Lipinski definition) is 7. The molecule has 29 heavy (non-hydrogen) atoms. The summed E-state index contributed by atoms with van der Waals surface area (Å²) in [5.41, 5.74) is 0.178. The van der Waals surface area contributed by atoms with Gasteiger partial charge >= 0.3 is 165 Å². The number of H-pyrrole nitrogens is 1. The first-order valence-electron chi connectivity index (χ1n) is 9.29. The zero-order chi connectivity index (χ0) is 20.6. The Morgan fingerprint density at radius 2 is 2.00 bits per heavy atom. The van der Waals surface area contributed by atoms with Gasteiger partial charge in [-0.15, -0.1) is 0 Å². The molecule has 3 atom stereocenters. The topological polar surface area (TPSA) is 112 Å². The van der Waals surface area contributed by atoms with E-state index in [0.29, 0.717) is 0 Å². The number of rotatable bonds is 5. The van der Waals surface area contributed by atoms with E-state index in [1.165, 1.54) is 5.56 Å². The van der Waals surface area contributed by atoms with Gasteiger partial charge in [0.1, 0.15) is 0 Å². The Morgan fingerprint density at radius 1 is 1.28 bits per heavy atom. The summed E-state index contributed by atoms with van der Waals surface area (Å²) in [6.07, 6.45) is -0.103. The number of nitrogens with zero attached hydrogens (tertiary/aromatic N) is 1. The first-order valence-corrected chi connectivity index (χ1v) is 11.0. The normalized spacial score (nSPS) is 26.8. The Hall–Kier alpha value is -1.94. The molecule has 2 aromatic rings. The predicted octanol–water partition coefficient (Wildman–Crippen LogP) is 1.56. The number of aromatic nitrogens is 2. The monoisotopic (exact) mass is 428 g/mol. The van der Waals surface area contributed by atoms with Crippen molar-refractivity contribution in [3.05, 3.63) is 68.2 Å². The van der Waals surface area contributed by atoms with Gasteiger partial charge in [0.25, 0.3) is 0 Å². The summed E-state index contributed by atoms with van der Waals surface area (Å²) in [5.74, 6) is -1.09. The molecule has 0 bridgehead atoms. The molecule has 2 aliphatic rings. The van der Waals surface area contributed by atoms with E-state index in [9.17, 15) is 18.9 Å². The Bertz CT molecular complexity index is 995. The van der Waals surface area contributed by atoms with E-state index in [4.69, 9.17) is 18.3 Å². The summed E-state index contributed by atoms with van der Waals surface area (Å²) in [5, 5.41) is 0. The minimum absolute atomic E-state index is 0.0131. The maximum absolute atomic E-state index is 13.5. The summed E-state index contributed by atoms with van der Waals surface area (Å²) < 4.78 is 36.8. The molecule has 0 unspecified atom stereocenters. The second kappa shape index (κ2) is 8.06. The van der Waals surface area contributed by atoms with Crippen molar-refractivity contribution in [2.45, 2.75) is 44.8 Å². The Morgan fingerprint density at radius 3 is 2.72 bits per heavy atom. The number of aryl methyl sites for hydroxylation is 1. The second-order valence-corrected chi connectivity index (χ2v) is 8.82. The molecule has 2 saturated heterocycles. The number of nitrogens with one attached hydrogen (secondary N) is 1. The summed E-state index contributed by atoms with van der Waals surface area (Å²) in [6.45, 7) is 2.20. The number of fused-ring (bicyclic) bond motifs is 1. The quantitative estimate of drug-likeness (QED) is 0.695. The average Bonchev–Trinajstić information content (AvgIpc) is 3.12. The molecule has 0 saturated carbocycles. The van der Waals surface area contributed by atoms with Gasteiger partial charge in [-0.2, -0.15) is 0 Å². The standard InChI is InChI=1S/C18H22FN2O7P/c1-2-11-3-5-12(6-4-11)9-25-29(24)26-10-15-14(28-29)7-16(27-15)21-8-13(19)17(22)20-18(21)23/h3-6,8,14-16,24,29H,2,7,9-10H2,1H3,(H,20,22,23)/t14-,15+,16+/m0/s1. The van der Waals surface area contributed by atoms with Crippen LogP contribution in [0.3, 0.4) is 0 Å². The predicted molar refractivity (Wildman–Crippen MR) is 102 cm³/mol. The fourth-order valence-corrected chi connectivity index (χ4v) is 4.93. The third-order valence-corrected chi connectivity index (χ3v) is 6.64. The van der Waals surface area contributed by atoms with E-state index in [1.54, 1.807) is 0 Å². The molecular weight excluding hydrogens is 406 g/mol. The van der Waals surface area contributed by atoms with Crippen molar-refractivity contribution in [1.29, 1.82) is 0 Å². The number of ether oxygens (including phenoxy) is 1. The van der Waals surface area contributed by atoms with Gasteiger partial charge in [0.15, 0.2) is 0 Å². The number of benzene rings is 1. The molecule has 0 aliphatic carbocycles. The van der Waals surface area contributed by atoms with Crippen molar-refractivity contribution in [2.24, 2.45) is 0 Å². The van der Waals surface area contributed by atoms with Crippen LogP contribution in [0.15, 0.2) is 40.1 Å². The van der Waals surface area contributed by atoms with E-state index >= 15 is 0 Å². The second-order valence-electron chi connectivity index (χ2n) is 6.96. The fourth-order valence-electron chi connectivity index (χ4n) is 3.35. The van der Waals surface area contributed by atoms with Gasteiger partial charge in [0.2, 0.25) is 0 Å². The summed E-state index contributed by atoms with van der Waals surface area (Å²) in [4.78, 5) is 35.6. The molecule has 1 aromatic heterocycles. The SMILES string of the molecule is CCc1ccc(CO[PH]2(O)OC[C@H]3O[C@@H](n4cc(F)c(=O)[nH]c4=O)C[C@@H]3O2)cc1. The third kappa shape index (κ3) is 4.32. The van der Waals surface area contributed by atoms with Gasteiger partial charge in [0, 0.05) is 0 Å². The van der Waals surface area contributed by atoms with Gasteiger partial charge in [-0.1, -0.05) is 0 Å². The molecule has 0 amide bonds. The van der Waals surface area contributed by atoms with Crippen molar-refractivity contribution in [3.8, 4) is 0 Å². The van der Waals surface area contributed by atoms with E-state index in [2.05, 4.69) is 6.92 Å². The minimum atomic E-state index is -3.89. The first-order chi connectivity index (χ1) is 13.9. The molecule has 158 valence electrons. The number of aromatic amines is 1. The molecule has 0 radical (unpaired) electrons. The molecule has 0 spiro atoms. The Balaban J connectivity index is 1.41. The van der Waals surface area contributed by atoms with Crippen LogP contribution in [0, 0.1) is 5.82 Å². The maximum atomic E-state index is 13.5. The van der Waals surface area contributed by atoms with Crippen molar-refractivity contribution in [1.82, 2.24) is 9.55 Å². The summed E-state index contributed by atoms with van der Waals surface area (Å²) in [7, 11) is -3.89. The van der Waals surface area contributed by atoms with Crippen LogP contribution in [-0.4, -0.2) is 33.3 Å². The van der Waals surface area contributed by atoms with Crippen LogP contribution in [0.5, 0.6) is 0 Å². The van der Waals surface area contributed by atoms with E-state index in [0.717, 1.165) is 22.7 Å². The van der Waals surface area contributed by atoms with Crippen molar-refractivity contribution in [3.63, 3.8) is 0 Å². The van der Waals surface area contributed by atoms with Crippen LogP contribution < -0.4 is 11.2 Å². The van der Waals surface area contributed by atoms with Crippen LogP contribution in [0.1, 0.15) is 30.7 Å². The molecular formula is C18H22FN2O7P. The van der Waals surface area contributed by atoms with E-state index < -0.39 is 43.7 Å². The van der Waals surface area contributed by atoms with Crippen molar-refractivity contribution in [2.75, 3.05) is 6.61 Å². The van der Waals surface area contributed by atoms with Gasteiger partial charge in [-0.05, 0) is 0 Å². The number of halogens is 1. The molecule has 2 aliphatic heterocycles. The van der Waals surface area contributed by atoms with Crippen LogP contribution in [-0.2, 0) is 31.3 Å². The third-order valence-electron chi connectivity index (χ3n) is 5.00. The van der Waals surface area contributed by atoms with Gasteiger partial charge < -0.3 is 0 Å². The van der Waals surface area contributed by atoms with Crippen LogP contribution in [0.2, 0.25) is 0 Å².